The second-order valence-electron chi connectivity index (χ2n) is 8.08. The molecule has 0 atom stereocenters. The van der Waals surface area contributed by atoms with Crippen LogP contribution in [0.4, 0.5) is 10.8 Å². The number of fused-ring (bicyclic) bond motifs is 1. The van der Waals surface area contributed by atoms with E-state index in [-0.39, 0.29) is 0 Å². The zero-order valence-corrected chi connectivity index (χ0v) is 19.2. The first kappa shape index (κ1) is 20.7. The SMILES string of the molecule is COc1cc(Nc2nc3c(s2)CN(CCc2ccccc2)CC3)ccc1-n1cnc(C)c1. The van der Waals surface area contributed by atoms with Gasteiger partial charge in [-0.25, -0.2) is 9.97 Å². The molecule has 32 heavy (non-hydrogen) atoms. The number of hydrogen-bond donors (Lipinski definition) is 1. The lowest BCUT2D eigenvalue weighted by Crippen LogP contribution is -2.31. The molecule has 6 nitrogen and oxygen atoms in total. The van der Waals surface area contributed by atoms with Gasteiger partial charge in [-0.15, -0.1) is 11.3 Å². The van der Waals surface area contributed by atoms with Crippen molar-refractivity contribution >= 4 is 22.2 Å². The van der Waals surface area contributed by atoms with Crippen molar-refractivity contribution in [3.63, 3.8) is 0 Å². The van der Waals surface area contributed by atoms with E-state index in [9.17, 15) is 0 Å². The van der Waals surface area contributed by atoms with Crippen molar-refractivity contribution in [2.45, 2.75) is 26.3 Å². The molecule has 1 aliphatic rings. The van der Waals surface area contributed by atoms with Gasteiger partial charge in [0.2, 0.25) is 0 Å². The predicted molar refractivity (Wildman–Crippen MR) is 129 cm³/mol. The highest BCUT2D eigenvalue weighted by molar-refractivity contribution is 7.15. The van der Waals surface area contributed by atoms with Crippen molar-refractivity contribution in [1.82, 2.24) is 19.4 Å². The summed E-state index contributed by atoms with van der Waals surface area (Å²) < 4.78 is 7.61. The lowest BCUT2D eigenvalue weighted by Gasteiger charge is -2.25. The molecule has 0 saturated carbocycles. The second-order valence-corrected chi connectivity index (χ2v) is 9.17. The number of imidazole rings is 1. The van der Waals surface area contributed by atoms with Crippen LogP contribution in [-0.2, 0) is 19.4 Å². The molecule has 0 unspecified atom stereocenters. The number of hydrogen-bond acceptors (Lipinski definition) is 6. The summed E-state index contributed by atoms with van der Waals surface area (Å²) in [5.74, 6) is 0.792. The van der Waals surface area contributed by atoms with Crippen LogP contribution in [0.5, 0.6) is 5.75 Å². The van der Waals surface area contributed by atoms with E-state index in [2.05, 4.69) is 51.6 Å². The maximum atomic E-state index is 5.63. The van der Waals surface area contributed by atoms with Gasteiger partial charge in [-0.1, -0.05) is 30.3 Å². The summed E-state index contributed by atoms with van der Waals surface area (Å²) in [6.45, 7) is 5.10. The van der Waals surface area contributed by atoms with E-state index in [4.69, 9.17) is 9.72 Å². The highest BCUT2D eigenvalue weighted by Crippen LogP contribution is 2.33. The maximum absolute atomic E-state index is 5.63. The third-order valence-corrected chi connectivity index (χ3v) is 6.79. The Morgan fingerprint density at radius 2 is 2.03 bits per heavy atom. The van der Waals surface area contributed by atoms with Crippen LogP contribution in [0.3, 0.4) is 0 Å². The molecule has 1 aliphatic heterocycles. The van der Waals surface area contributed by atoms with Gasteiger partial charge in [0, 0.05) is 48.9 Å². The Balaban J connectivity index is 1.26. The fraction of sp³-hybridized carbons (Fsp3) is 0.280. The number of benzene rings is 2. The molecule has 0 spiro atoms. The van der Waals surface area contributed by atoms with Gasteiger partial charge in [0.25, 0.3) is 0 Å². The summed E-state index contributed by atoms with van der Waals surface area (Å²) in [7, 11) is 1.69. The average molecular weight is 446 g/mol. The van der Waals surface area contributed by atoms with Crippen molar-refractivity contribution in [2.24, 2.45) is 0 Å². The summed E-state index contributed by atoms with van der Waals surface area (Å²) in [6.07, 6.45) is 5.88. The highest BCUT2D eigenvalue weighted by Gasteiger charge is 2.21. The summed E-state index contributed by atoms with van der Waals surface area (Å²) in [5.41, 5.74) is 5.53. The molecule has 7 heteroatoms. The number of anilines is 2. The lowest BCUT2D eigenvalue weighted by atomic mass is 10.1. The fourth-order valence-electron chi connectivity index (χ4n) is 4.07. The first-order valence-electron chi connectivity index (χ1n) is 10.9. The Labute approximate surface area is 192 Å². The van der Waals surface area contributed by atoms with Crippen LogP contribution in [-0.4, -0.2) is 39.6 Å². The highest BCUT2D eigenvalue weighted by atomic mass is 32.1. The number of aryl methyl sites for hydroxylation is 1. The molecule has 0 aliphatic carbocycles. The van der Waals surface area contributed by atoms with Gasteiger partial charge in [-0.3, -0.25) is 4.90 Å². The van der Waals surface area contributed by atoms with Crippen LogP contribution < -0.4 is 10.1 Å². The first-order chi connectivity index (χ1) is 15.7. The third kappa shape index (κ3) is 4.54. The van der Waals surface area contributed by atoms with Crippen LogP contribution in [0, 0.1) is 6.92 Å². The largest absolute Gasteiger partial charge is 0.494 e. The van der Waals surface area contributed by atoms with Crippen LogP contribution >= 0.6 is 11.3 Å². The summed E-state index contributed by atoms with van der Waals surface area (Å²) in [5, 5.41) is 4.41. The Morgan fingerprint density at radius 3 is 2.81 bits per heavy atom. The van der Waals surface area contributed by atoms with Crippen LogP contribution in [0.2, 0.25) is 0 Å². The van der Waals surface area contributed by atoms with Crippen molar-refractivity contribution in [3.05, 3.63) is 82.9 Å². The fourth-order valence-corrected chi connectivity index (χ4v) is 5.14. The number of ether oxygens (including phenoxy) is 1. The van der Waals surface area contributed by atoms with Crippen molar-refractivity contribution in [2.75, 3.05) is 25.5 Å². The van der Waals surface area contributed by atoms with E-state index in [1.807, 2.05) is 29.8 Å². The van der Waals surface area contributed by atoms with Crippen LogP contribution in [0.1, 0.15) is 21.8 Å². The molecule has 0 radical (unpaired) electrons. The van der Waals surface area contributed by atoms with Crippen molar-refractivity contribution in [1.29, 1.82) is 0 Å². The topological polar surface area (TPSA) is 55.2 Å². The van der Waals surface area contributed by atoms with Gasteiger partial charge in [0.05, 0.1) is 30.5 Å². The standard InChI is InChI=1S/C25H27N5OS/c1-18-15-30(17-26-18)22-9-8-20(14-23(22)31-2)27-25-28-21-11-13-29(16-24(21)32-25)12-10-19-6-4-3-5-7-19/h3-9,14-15,17H,10-13,16H2,1-2H3,(H,27,28). The van der Waals surface area contributed by atoms with E-state index in [1.54, 1.807) is 24.8 Å². The zero-order chi connectivity index (χ0) is 21.9. The molecule has 5 rings (SSSR count). The summed E-state index contributed by atoms with van der Waals surface area (Å²) in [4.78, 5) is 13.1. The molecular weight excluding hydrogens is 418 g/mol. The number of rotatable bonds is 7. The van der Waals surface area contributed by atoms with Crippen molar-refractivity contribution in [3.8, 4) is 11.4 Å². The minimum absolute atomic E-state index is 0.792. The van der Waals surface area contributed by atoms with E-state index in [0.717, 1.165) is 60.4 Å². The molecular formula is C25H27N5OS. The Bertz CT molecular complexity index is 1200. The van der Waals surface area contributed by atoms with Crippen LogP contribution in [0.15, 0.2) is 61.1 Å². The smallest absolute Gasteiger partial charge is 0.187 e. The van der Waals surface area contributed by atoms with Gasteiger partial charge < -0.3 is 14.6 Å². The molecule has 0 saturated heterocycles. The van der Waals surface area contributed by atoms with Gasteiger partial charge >= 0.3 is 0 Å². The third-order valence-electron chi connectivity index (χ3n) is 5.79. The van der Waals surface area contributed by atoms with Gasteiger partial charge in [-0.05, 0) is 31.0 Å². The molecule has 1 N–H and O–H groups in total. The molecule has 2 aromatic heterocycles. The van der Waals surface area contributed by atoms with Gasteiger partial charge in [0.15, 0.2) is 5.13 Å². The molecule has 164 valence electrons. The molecule has 2 aromatic carbocycles. The number of aromatic nitrogens is 3. The van der Waals surface area contributed by atoms with Gasteiger partial charge in [0.1, 0.15) is 5.75 Å². The Kier molecular flexibility index (Phi) is 5.92. The number of thiazole rings is 1. The zero-order valence-electron chi connectivity index (χ0n) is 18.4. The van der Waals surface area contributed by atoms with Crippen molar-refractivity contribution < 1.29 is 4.74 Å². The molecule has 4 aromatic rings. The van der Waals surface area contributed by atoms with Crippen LogP contribution in [0.25, 0.3) is 5.69 Å². The van der Waals surface area contributed by atoms with E-state index >= 15 is 0 Å². The monoisotopic (exact) mass is 445 g/mol. The number of nitrogens with one attached hydrogen (secondary N) is 1. The lowest BCUT2D eigenvalue weighted by molar-refractivity contribution is 0.259. The molecule has 0 bridgehead atoms. The van der Waals surface area contributed by atoms with E-state index in [0.29, 0.717) is 0 Å². The molecule has 0 fully saturated rings. The maximum Gasteiger partial charge on any atom is 0.187 e. The quantitative estimate of drug-likeness (QED) is 0.434. The Morgan fingerprint density at radius 1 is 1.16 bits per heavy atom. The average Bonchev–Trinajstić information content (AvgIpc) is 3.43. The normalized spacial score (nSPS) is 13.7. The molecule has 3 heterocycles. The predicted octanol–water partition coefficient (Wildman–Crippen LogP) is 4.99. The summed E-state index contributed by atoms with van der Waals surface area (Å²) in [6, 6.07) is 16.8. The first-order valence-corrected chi connectivity index (χ1v) is 11.7. The summed E-state index contributed by atoms with van der Waals surface area (Å²) >= 11 is 1.75. The number of nitrogens with zero attached hydrogens (tertiary/aromatic N) is 4. The van der Waals surface area contributed by atoms with Gasteiger partial charge in [-0.2, -0.15) is 0 Å². The van der Waals surface area contributed by atoms with E-state index < -0.39 is 0 Å². The molecule has 0 amide bonds. The minimum atomic E-state index is 0.792. The van der Waals surface area contributed by atoms with E-state index in [1.165, 1.54) is 16.1 Å². The number of methoxy groups -OCH3 is 1. The Hall–Kier alpha value is -3.16. The minimum Gasteiger partial charge on any atom is -0.494 e. The second kappa shape index (κ2) is 9.14.